The fraction of sp³-hybridized carbons (Fsp3) is 0.455. The minimum absolute atomic E-state index is 0.0497. The number of aromatic nitrogens is 1. The molecule has 0 aromatic carbocycles. The summed E-state index contributed by atoms with van der Waals surface area (Å²) in [4.78, 5) is 17.7. The van der Waals surface area contributed by atoms with Crippen molar-refractivity contribution in [1.82, 2.24) is 4.98 Å². The highest BCUT2D eigenvalue weighted by atomic mass is 79.9. The number of hydrogen-bond donors (Lipinski definition) is 0. The average molecular weight is 304 g/mol. The van der Waals surface area contributed by atoms with Gasteiger partial charge in [-0.05, 0) is 41.4 Å². The Morgan fingerprint density at radius 2 is 2.25 bits per heavy atom. The normalized spacial score (nSPS) is 20.6. The highest BCUT2D eigenvalue weighted by Crippen LogP contribution is 2.27. The highest BCUT2D eigenvalue weighted by molar-refractivity contribution is 9.10. The Labute approximate surface area is 108 Å². The van der Waals surface area contributed by atoms with E-state index in [2.05, 4.69) is 20.9 Å². The second kappa shape index (κ2) is 4.34. The Morgan fingerprint density at radius 1 is 1.56 bits per heavy atom. The van der Waals surface area contributed by atoms with Crippen LogP contribution in [0.2, 0.25) is 0 Å². The summed E-state index contributed by atoms with van der Waals surface area (Å²) in [5, 5.41) is -0.0986. The first-order valence-corrected chi connectivity index (χ1v) is 6.30. The first kappa shape index (κ1) is 11.9. The Bertz CT molecular complexity index is 427. The summed E-state index contributed by atoms with van der Waals surface area (Å²) in [6.07, 6.45) is 0.400. The molecule has 5 heteroatoms. The van der Waals surface area contributed by atoms with Gasteiger partial charge in [0.15, 0.2) is 0 Å². The maximum absolute atomic E-state index is 11.7. The molecule has 1 saturated heterocycles. The van der Waals surface area contributed by atoms with Crippen LogP contribution in [0.1, 0.15) is 17.7 Å². The van der Waals surface area contributed by atoms with Gasteiger partial charge in [-0.2, -0.15) is 0 Å². The van der Waals surface area contributed by atoms with Gasteiger partial charge in [0.05, 0.1) is 11.1 Å². The molecule has 1 fully saturated rings. The fourth-order valence-corrected chi connectivity index (χ4v) is 2.29. The Balaban J connectivity index is 2.38. The van der Waals surface area contributed by atoms with Gasteiger partial charge in [-0.1, -0.05) is 0 Å². The smallest absolute Gasteiger partial charge is 0.229 e. The van der Waals surface area contributed by atoms with Crippen molar-refractivity contribution < 1.29 is 4.79 Å². The molecule has 0 aliphatic carbocycles. The summed E-state index contributed by atoms with van der Waals surface area (Å²) in [7, 11) is 0. The van der Waals surface area contributed by atoms with Crippen LogP contribution in [0, 0.1) is 13.8 Å². The van der Waals surface area contributed by atoms with E-state index in [1.165, 1.54) is 0 Å². The summed E-state index contributed by atoms with van der Waals surface area (Å²) in [6, 6.07) is 1.91. The van der Waals surface area contributed by atoms with E-state index in [0.717, 1.165) is 15.7 Å². The molecule has 0 N–H and O–H groups in total. The molecule has 1 aliphatic rings. The lowest BCUT2D eigenvalue weighted by molar-refractivity contribution is -0.117. The maximum atomic E-state index is 11.7. The summed E-state index contributed by atoms with van der Waals surface area (Å²) < 4.78 is 0.991. The Kier molecular flexibility index (Phi) is 3.22. The fourth-order valence-electron chi connectivity index (χ4n) is 1.82. The SMILES string of the molecule is Cc1cc(N2CC(Cl)CC2=O)nc(C)c1Br. The van der Waals surface area contributed by atoms with Crippen LogP contribution in [-0.4, -0.2) is 22.8 Å². The number of hydrogen-bond acceptors (Lipinski definition) is 2. The number of aryl methyl sites for hydroxylation is 2. The van der Waals surface area contributed by atoms with Crippen molar-refractivity contribution >= 4 is 39.3 Å². The van der Waals surface area contributed by atoms with Crippen LogP contribution in [0.25, 0.3) is 0 Å². The Hall–Kier alpha value is -0.610. The van der Waals surface area contributed by atoms with Gasteiger partial charge in [-0.15, -0.1) is 11.6 Å². The van der Waals surface area contributed by atoms with Crippen molar-refractivity contribution in [2.75, 3.05) is 11.4 Å². The van der Waals surface area contributed by atoms with Crippen LogP contribution in [0.5, 0.6) is 0 Å². The van der Waals surface area contributed by atoms with Gasteiger partial charge >= 0.3 is 0 Å². The molecule has 1 unspecified atom stereocenters. The summed E-state index contributed by atoms with van der Waals surface area (Å²) in [6.45, 7) is 4.45. The molecule has 2 rings (SSSR count). The standard InChI is InChI=1S/C11H12BrClN2O/c1-6-3-9(14-7(2)11(6)12)15-5-8(13)4-10(15)16/h3,8H,4-5H2,1-2H3. The molecule has 2 heterocycles. The number of alkyl halides is 1. The zero-order valence-corrected chi connectivity index (χ0v) is 11.5. The third-order valence-electron chi connectivity index (χ3n) is 2.65. The van der Waals surface area contributed by atoms with Crippen molar-refractivity contribution in [3.8, 4) is 0 Å². The largest absolute Gasteiger partial charge is 0.295 e. The zero-order chi connectivity index (χ0) is 11.9. The lowest BCUT2D eigenvalue weighted by Gasteiger charge is -2.16. The highest BCUT2D eigenvalue weighted by Gasteiger charge is 2.30. The molecule has 0 radical (unpaired) electrons. The molecule has 1 aliphatic heterocycles. The van der Waals surface area contributed by atoms with Crippen LogP contribution in [-0.2, 0) is 4.79 Å². The molecule has 3 nitrogen and oxygen atoms in total. The number of anilines is 1. The van der Waals surface area contributed by atoms with E-state index in [0.29, 0.717) is 18.8 Å². The molecule has 0 saturated carbocycles. The number of carbonyl (C=O) groups excluding carboxylic acids is 1. The molecular formula is C11H12BrClN2O. The van der Waals surface area contributed by atoms with Gasteiger partial charge in [0.2, 0.25) is 5.91 Å². The van der Waals surface area contributed by atoms with Gasteiger partial charge in [-0.3, -0.25) is 9.69 Å². The predicted octanol–water partition coefficient (Wildman–Crippen LogP) is 2.81. The molecule has 0 spiro atoms. The van der Waals surface area contributed by atoms with Crippen LogP contribution in [0.3, 0.4) is 0 Å². The quantitative estimate of drug-likeness (QED) is 0.748. The number of nitrogens with zero attached hydrogens (tertiary/aromatic N) is 2. The number of halogens is 2. The molecule has 1 aromatic heterocycles. The van der Waals surface area contributed by atoms with Crippen LogP contribution in [0.4, 0.5) is 5.82 Å². The van der Waals surface area contributed by atoms with E-state index in [1.807, 2.05) is 19.9 Å². The number of rotatable bonds is 1. The number of carbonyl (C=O) groups is 1. The van der Waals surface area contributed by atoms with Crippen LogP contribution < -0.4 is 4.90 Å². The number of pyridine rings is 1. The Morgan fingerprint density at radius 3 is 2.75 bits per heavy atom. The minimum atomic E-state index is -0.0986. The van der Waals surface area contributed by atoms with Gasteiger partial charge in [0.1, 0.15) is 5.82 Å². The lowest BCUT2D eigenvalue weighted by atomic mass is 10.2. The van der Waals surface area contributed by atoms with Gasteiger partial charge in [0.25, 0.3) is 0 Å². The first-order valence-electron chi connectivity index (χ1n) is 5.07. The summed E-state index contributed by atoms with van der Waals surface area (Å²) in [5.74, 6) is 0.750. The van der Waals surface area contributed by atoms with E-state index in [-0.39, 0.29) is 11.3 Å². The first-order chi connectivity index (χ1) is 7.49. The second-order valence-electron chi connectivity index (χ2n) is 4.00. The van der Waals surface area contributed by atoms with E-state index >= 15 is 0 Å². The predicted molar refractivity (Wildman–Crippen MR) is 68.0 cm³/mol. The third-order valence-corrected chi connectivity index (χ3v) is 4.14. The van der Waals surface area contributed by atoms with Crippen molar-refractivity contribution in [3.63, 3.8) is 0 Å². The topological polar surface area (TPSA) is 33.2 Å². The van der Waals surface area contributed by atoms with Gasteiger partial charge in [-0.25, -0.2) is 4.98 Å². The van der Waals surface area contributed by atoms with Crippen LogP contribution in [0.15, 0.2) is 10.5 Å². The number of amides is 1. The maximum Gasteiger partial charge on any atom is 0.229 e. The van der Waals surface area contributed by atoms with E-state index in [1.54, 1.807) is 4.90 Å². The molecule has 1 aromatic rings. The molecule has 16 heavy (non-hydrogen) atoms. The molecule has 1 amide bonds. The van der Waals surface area contributed by atoms with Crippen molar-refractivity contribution in [1.29, 1.82) is 0 Å². The van der Waals surface area contributed by atoms with Gasteiger partial charge in [0, 0.05) is 17.4 Å². The molecule has 86 valence electrons. The molecule has 0 bridgehead atoms. The van der Waals surface area contributed by atoms with Crippen molar-refractivity contribution in [2.24, 2.45) is 0 Å². The molecular weight excluding hydrogens is 291 g/mol. The van der Waals surface area contributed by atoms with E-state index < -0.39 is 0 Å². The van der Waals surface area contributed by atoms with Crippen molar-refractivity contribution in [3.05, 3.63) is 21.8 Å². The minimum Gasteiger partial charge on any atom is -0.295 e. The summed E-state index contributed by atoms with van der Waals surface area (Å²) in [5.41, 5.74) is 1.97. The summed E-state index contributed by atoms with van der Waals surface area (Å²) >= 11 is 9.42. The van der Waals surface area contributed by atoms with Crippen LogP contribution >= 0.6 is 27.5 Å². The van der Waals surface area contributed by atoms with Crippen molar-refractivity contribution in [2.45, 2.75) is 25.6 Å². The van der Waals surface area contributed by atoms with E-state index in [9.17, 15) is 4.79 Å². The van der Waals surface area contributed by atoms with E-state index in [4.69, 9.17) is 11.6 Å². The monoisotopic (exact) mass is 302 g/mol. The lowest BCUT2D eigenvalue weighted by Crippen LogP contribution is -2.26. The molecule has 1 atom stereocenters. The third kappa shape index (κ3) is 2.09. The van der Waals surface area contributed by atoms with Gasteiger partial charge < -0.3 is 0 Å². The zero-order valence-electron chi connectivity index (χ0n) is 9.13. The second-order valence-corrected chi connectivity index (χ2v) is 5.41. The average Bonchev–Trinajstić information content (AvgIpc) is 2.53.